The van der Waals surface area contributed by atoms with Crippen molar-refractivity contribution >= 4 is 13.6 Å². The van der Waals surface area contributed by atoms with Gasteiger partial charge < -0.3 is 158 Å². The molecule has 34 nitrogen and oxygen atoms in total. The van der Waals surface area contributed by atoms with E-state index in [9.17, 15) is 106 Å². The molecule has 0 amide bonds. The number of phosphoric acid groups is 1. The van der Waals surface area contributed by atoms with E-state index in [0.717, 1.165) is 0 Å². The summed E-state index contributed by atoms with van der Waals surface area (Å²) in [5.74, 6) is -0.232. The zero-order valence-corrected chi connectivity index (χ0v) is 42.1. The zero-order valence-electron chi connectivity index (χ0n) is 41.3. The summed E-state index contributed by atoms with van der Waals surface area (Å²) < 4.78 is 84.2. The number of rotatable bonds is 23. The van der Waals surface area contributed by atoms with E-state index >= 15 is 0 Å². The van der Waals surface area contributed by atoms with Gasteiger partial charge in [0.05, 0.1) is 45.7 Å². The molecule has 6 aliphatic rings. The molecule has 0 aromatic rings. The number of phosphoric ester groups is 1. The predicted octanol–water partition coefficient (Wildman–Crippen LogP) is -11.2. The Labute approximate surface area is 437 Å². The summed E-state index contributed by atoms with van der Waals surface area (Å²) in [6.07, 6.45) is -56.6. The summed E-state index contributed by atoms with van der Waals surface area (Å²) in [4.78, 5) is 30.0. The number of carbonyl (C=O) groups is 1. The van der Waals surface area contributed by atoms with Gasteiger partial charge in [-0.05, 0) is 19.8 Å². The molecular formula is C42H73O34P. The van der Waals surface area contributed by atoms with Crippen molar-refractivity contribution in [3.05, 3.63) is 0 Å². The minimum absolute atomic E-state index is 0.0103. The van der Waals surface area contributed by atoms with Crippen LogP contribution >= 0.6 is 7.82 Å². The largest absolute Gasteiger partial charge is 0.469 e. The van der Waals surface area contributed by atoms with Crippen molar-refractivity contribution in [1.82, 2.24) is 0 Å². The van der Waals surface area contributed by atoms with Gasteiger partial charge in [-0.3, -0.25) is 4.52 Å². The molecule has 35 heteroatoms. The predicted molar refractivity (Wildman–Crippen MR) is 237 cm³/mol. The molecule has 0 bridgehead atoms. The molecule has 6 fully saturated rings. The van der Waals surface area contributed by atoms with Crippen LogP contribution in [0.3, 0.4) is 0 Å². The van der Waals surface area contributed by atoms with Crippen LogP contribution in [0.1, 0.15) is 33.1 Å². The number of hydrogen-bond donors (Lipinski definition) is 19. The maximum atomic E-state index is 11.8. The first-order chi connectivity index (χ1) is 36.2. The molecule has 0 saturated carbocycles. The van der Waals surface area contributed by atoms with Crippen LogP contribution in [0.15, 0.2) is 0 Å². The van der Waals surface area contributed by atoms with E-state index < -0.39 is 225 Å². The van der Waals surface area contributed by atoms with Gasteiger partial charge in [0.1, 0.15) is 146 Å². The van der Waals surface area contributed by atoms with E-state index in [4.69, 9.17) is 56.8 Å². The first-order valence-corrected chi connectivity index (χ1v) is 26.1. The number of aliphatic hydroxyl groups is 17. The van der Waals surface area contributed by atoms with Gasteiger partial charge in [0.25, 0.3) is 0 Å². The molecule has 0 aromatic carbocycles. The molecule has 19 N–H and O–H groups in total. The molecule has 0 spiro atoms. The number of Topliss-reactive ketones (excluding diaryl/α,β-unsaturated/α-hetero) is 1. The summed E-state index contributed by atoms with van der Waals surface area (Å²) in [5, 5.41) is 183. The van der Waals surface area contributed by atoms with Gasteiger partial charge >= 0.3 is 7.82 Å². The molecule has 6 rings (SSSR count). The number of hydrogen-bond acceptors (Lipinski definition) is 32. The average molecular weight is 1150 g/mol. The topological polar surface area (TPSA) is 539 Å². The van der Waals surface area contributed by atoms with E-state index in [0.29, 0.717) is 0 Å². The number of ether oxygens (including phenoxy) is 12. The summed E-state index contributed by atoms with van der Waals surface area (Å²) in [7, 11) is -5.19. The average Bonchev–Trinajstić information content (AvgIpc) is 3.40. The van der Waals surface area contributed by atoms with E-state index in [1.165, 1.54) is 6.92 Å². The molecule has 450 valence electrons. The quantitative estimate of drug-likeness (QED) is 0.0334. The molecule has 0 aliphatic carbocycles. The second-order valence-electron chi connectivity index (χ2n) is 19.3. The van der Waals surface area contributed by atoms with Crippen LogP contribution in [-0.4, -0.2) is 326 Å². The highest BCUT2D eigenvalue weighted by atomic mass is 31.2. The van der Waals surface area contributed by atoms with Crippen molar-refractivity contribution in [2.75, 3.05) is 39.6 Å². The van der Waals surface area contributed by atoms with Crippen molar-refractivity contribution in [3.63, 3.8) is 0 Å². The van der Waals surface area contributed by atoms with Crippen molar-refractivity contribution in [1.29, 1.82) is 0 Å². The zero-order chi connectivity index (χ0) is 57.0. The SMILES string of the molecule is CCC1O[C@@H](OC2[C@@H](OCC3O[C@H](OCC4O[C@@H](OCCCC(C)=O)C(O)[C@@H](O[C@@H]5OC(CO)[C@@H](O)[C@H](O)C5O[C@H]5OC(COP(=O)(O)O)[C@@H](O)[C@H](O)C5O)[C@@H]4O)C(O)[C@@H](O)[C@@H]3O)OC(CO)[C@@H](O)[C@@H]2O)C(O)[C@@H](O)[C@@H]1O. The molecule has 6 heterocycles. The Kier molecular flexibility index (Phi) is 23.8. The highest BCUT2D eigenvalue weighted by Gasteiger charge is 2.56. The van der Waals surface area contributed by atoms with Crippen LogP contribution in [0.5, 0.6) is 0 Å². The third kappa shape index (κ3) is 15.4. The van der Waals surface area contributed by atoms with Crippen LogP contribution in [0, 0.1) is 0 Å². The Hall–Kier alpha value is -1.38. The Morgan fingerprint density at radius 3 is 1.29 bits per heavy atom. The molecule has 6 saturated heterocycles. The van der Waals surface area contributed by atoms with Crippen LogP contribution in [0.25, 0.3) is 0 Å². The van der Waals surface area contributed by atoms with Crippen LogP contribution in [0.4, 0.5) is 0 Å². The summed E-state index contributed by atoms with van der Waals surface area (Å²) in [5.41, 5.74) is 0. The lowest BCUT2D eigenvalue weighted by atomic mass is 9.96. The number of aliphatic hydroxyl groups excluding tert-OH is 17. The molecule has 12 unspecified atom stereocenters. The lowest BCUT2D eigenvalue weighted by Crippen LogP contribution is -2.67. The van der Waals surface area contributed by atoms with Gasteiger partial charge in [0, 0.05) is 6.42 Å². The highest BCUT2D eigenvalue weighted by molar-refractivity contribution is 7.46. The molecule has 6 aliphatic heterocycles. The van der Waals surface area contributed by atoms with Crippen molar-refractivity contribution in [2.45, 2.75) is 217 Å². The Balaban J connectivity index is 1.19. The molecule has 0 aromatic heterocycles. The third-order valence-electron chi connectivity index (χ3n) is 13.8. The fourth-order valence-electron chi connectivity index (χ4n) is 9.24. The van der Waals surface area contributed by atoms with E-state index in [1.54, 1.807) is 6.92 Å². The fraction of sp³-hybridized carbons (Fsp3) is 0.976. The first kappa shape index (κ1) is 64.8. The second kappa shape index (κ2) is 28.3. The van der Waals surface area contributed by atoms with E-state index in [2.05, 4.69) is 4.52 Å². The number of ketones is 1. The molecule has 77 heavy (non-hydrogen) atoms. The maximum Gasteiger partial charge on any atom is 0.469 e. The van der Waals surface area contributed by atoms with Gasteiger partial charge in [-0.15, -0.1) is 0 Å². The molecule has 30 atom stereocenters. The minimum Gasteiger partial charge on any atom is -0.394 e. The van der Waals surface area contributed by atoms with Crippen molar-refractivity contribution < 1.29 is 167 Å². The lowest BCUT2D eigenvalue weighted by molar-refractivity contribution is -0.391. The van der Waals surface area contributed by atoms with Gasteiger partial charge in [-0.25, -0.2) is 4.57 Å². The van der Waals surface area contributed by atoms with Gasteiger partial charge in [-0.1, -0.05) is 6.92 Å². The Bertz CT molecular complexity index is 1860. The van der Waals surface area contributed by atoms with E-state index in [-0.39, 0.29) is 31.7 Å². The lowest BCUT2D eigenvalue weighted by Gasteiger charge is -2.48. The van der Waals surface area contributed by atoms with Gasteiger partial charge in [0.15, 0.2) is 37.7 Å². The Morgan fingerprint density at radius 1 is 0.416 bits per heavy atom. The molecule has 0 radical (unpaired) electrons. The first-order valence-electron chi connectivity index (χ1n) is 24.6. The fourth-order valence-corrected chi connectivity index (χ4v) is 9.59. The smallest absolute Gasteiger partial charge is 0.394 e. The van der Waals surface area contributed by atoms with Gasteiger partial charge in [0.2, 0.25) is 0 Å². The standard InChI is InChI=1S/C42H73O34P/c1-3-13-19(46)25(52)31(58)39(68-13)75-35-28(55)20(47)14(7-43)69-41(35)66-9-16-22(49)26(53)30(57)37(71-16)65-10-17-24(51)34(33(60)38(72-17)64-6-4-5-12(2)45)74-42-36(29(56)21(48)15(8-44)70-42)76-40-32(59)27(54)23(50)18(73-40)11-67-77(61,62)63/h13-44,46-60H,3-11H2,1-2H3,(H2,61,62,63)/t13?,14?,15?,16?,17?,18?,19-,20-,21-,22-,23-,24-,25+,26+,27+,28+,29+,30?,31?,32?,33?,34+,35?,36?,37+,38-,39+,40-,41+,42+/m1/s1. The second-order valence-corrected chi connectivity index (χ2v) is 20.6. The summed E-state index contributed by atoms with van der Waals surface area (Å²) in [6.45, 7) is -2.03. The number of carbonyl (C=O) groups excluding carboxylic acids is 1. The minimum atomic E-state index is -5.19. The third-order valence-corrected chi connectivity index (χ3v) is 14.3. The van der Waals surface area contributed by atoms with Gasteiger partial charge in [-0.2, -0.15) is 0 Å². The normalized spacial score (nSPS) is 48.2. The monoisotopic (exact) mass is 1150 g/mol. The van der Waals surface area contributed by atoms with Crippen molar-refractivity contribution in [3.8, 4) is 0 Å². The summed E-state index contributed by atoms with van der Waals surface area (Å²) >= 11 is 0. The van der Waals surface area contributed by atoms with Crippen LogP contribution in [0.2, 0.25) is 0 Å². The highest BCUT2D eigenvalue weighted by Crippen LogP contribution is 2.39. The van der Waals surface area contributed by atoms with Crippen molar-refractivity contribution in [2.24, 2.45) is 0 Å². The van der Waals surface area contributed by atoms with Crippen LogP contribution in [-0.2, 0) is 70.7 Å². The summed E-state index contributed by atoms with van der Waals surface area (Å²) in [6, 6.07) is 0. The Morgan fingerprint density at radius 2 is 0.792 bits per heavy atom. The molecular weight excluding hydrogens is 1080 g/mol. The maximum absolute atomic E-state index is 11.8. The van der Waals surface area contributed by atoms with E-state index in [1.807, 2.05) is 0 Å². The van der Waals surface area contributed by atoms with Crippen LogP contribution < -0.4 is 0 Å².